The van der Waals surface area contributed by atoms with Crippen LogP contribution in [0.1, 0.15) is 51.9 Å². The number of carbonyl (C=O) groups excluding carboxylic acids is 3. The Morgan fingerprint density at radius 2 is 1.68 bits per heavy atom. The van der Waals surface area contributed by atoms with Gasteiger partial charge in [0, 0.05) is 32.0 Å². The zero-order valence-corrected chi connectivity index (χ0v) is 18.5. The van der Waals surface area contributed by atoms with E-state index in [2.05, 4.69) is 10.2 Å². The zero-order valence-electron chi connectivity index (χ0n) is 18.5. The van der Waals surface area contributed by atoms with Crippen molar-refractivity contribution in [3.63, 3.8) is 0 Å². The molecule has 4 rings (SSSR count). The third-order valence-electron chi connectivity index (χ3n) is 7.00. The fourth-order valence-electron chi connectivity index (χ4n) is 5.03. The molecule has 31 heavy (non-hydrogen) atoms. The molecule has 0 radical (unpaired) electrons. The molecule has 0 saturated carbocycles. The van der Waals surface area contributed by atoms with Crippen LogP contribution in [0.2, 0.25) is 0 Å². The number of rotatable bonds is 5. The van der Waals surface area contributed by atoms with Crippen LogP contribution in [0.15, 0.2) is 24.3 Å². The fraction of sp³-hybridized carbons (Fsp3) is 0.625. The molecule has 168 valence electrons. The molecule has 0 spiro atoms. The van der Waals surface area contributed by atoms with Gasteiger partial charge in [0.05, 0.1) is 17.4 Å². The smallest absolute Gasteiger partial charge is 0.241 e. The number of anilines is 2. The highest BCUT2D eigenvalue weighted by Gasteiger charge is 2.32. The number of piperidine rings is 2. The predicted molar refractivity (Wildman–Crippen MR) is 121 cm³/mol. The largest absolute Gasteiger partial charge is 0.342 e. The Labute approximate surface area is 184 Å². The molecule has 1 aromatic carbocycles. The van der Waals surface area contributed by atoms with Crippen molar-refractivity contribution in [1.82, 2.24) is 9.80 Å². The van der Waals surface area contributed by atoms with Crippen LogP contribution in [-0.4, -0.2) is 66.3 Å². The maximum absolute atomic E-state index is 13.0. The molecule has 1 aromatic rings. The van der Waals surface area contributed by atoms with Crippen molar-refractivity contribution < 1.29 is 14.4 Å². The Kier molecular flexibility index (Phi) is 6.90. The maximum Gasteiger partial charge on any atom is 0.241 e. The Bertz CT molecular complexity index is 813. The van der Waals surface area contributed by atoms with E-state index in [4.69, 9.17) is 0 Å². The van der Waals surface area contributed by atoms with Gasteiger partial charge in [-0.1, -0.05) is 12.1 Å². The summed E-state index contributed by atoms with van der Waals surface area (Å²) in [5, 5.41) is 3.04. The second-order valence-corrected chi connectivity index (χ2v) is 9.03. The first-order chi connectivity index (χ1) is 15.0. The minimum Gasteiger partial charge on any atom is -0.342 e. The quantitative estimate of drug-likeness (QED) is 0.786. The van der Waals surface area contributed by atoms with Crippen LogP contribution in [0.3, 0.4) is 0 Å². The van der Waals surface area contributed by atoms with Gasteiger partial charge in [0.2, 0.25) is 17.7 Å². The predicted octanol–water partition coefficient (Wildman–Crippen LogP) is 2.86. The number of likely N-dealkylation sites (tertiary alicyclic amines) is 2. The summed E-state index contributed by atoms with van der Waals surface area (Å²) in [5.41, 5.74) is 1.46. The van der Waals surface area contributed by atoms with Crippen LogP contribution in [0.4, 0.5) is 11.4 Å². The van der Waals surface area contributed by atoms with Gasteiger partial charge in [-0.15, -0.1) is 0 Å². The van der Waals surface area contributed by atoms with Crippen molar-refractivity contribution in [2.75, 3.05) is 42.9 Å². The van der Waals surface area contributed by atoms with E-state index in [0.717, 1.165) is 64.0 Å². The van der Waals surface area contributed by atoms with Gasteiger partial charge < -0.3 is 15.1 Å². The summed E-state index contributed by atoms with van der Waals surface area (Å²) in [6.07, 6.45) is 6.49. The molecule has 1 N–H and O–H groups in total. The molecular formula is C24H34N4O3. The van der Waals surface area contributed by atoms with Crippen molar-refractivity contribution in [3.05, 3.63) is 24.3 Å². The zero-order chi connectivity index (χ0) is 21.8. The number of hydrogen-bond donors (Lipinski definition) is 1. The van der Waals surface area contributed by atoms with E-state index in [1.54, 1.807) is 4.90 Å². The van der Waals surface area contributed by atoms with Crippen LogP contribution < -0.4 is 10.2 Å². The van der Waals surface area contributed by atoms with Crippen LogP contribution in [0.25, 0.3) is 0 Å². The summed E-state index contributed by atoms with van der Waals surface area (Å²) < 4.78 is 0. The molecule has 0 aliphatic carbocycles. The Hall–Kier alpha value is -2.41. The monoisotopic (exact) mass is 426 g/mol. The van der Waals surface area contributed by atoms with Gasteiger partial charge in [0.15, 0.2) is 0 Å². The van der Waals surface area contributed by atoms with Gasteiger partial charge >= 0.3 is 0 Å². The van der Waals surface area contributed by atoms with Gasteiger partial charge in [-0.2, -0.15) is 0 Å². The molecule has 7 heteroatoms. The van der Waals surface area contributed by atoms with Gasteiger partial charge in [0.1, 0.15) is 0 Å². The van der Waals surface area contributed by atoms with Crippen LogP contribution in [0.5, 0.6) is 0 Å². The summed E-state index contributed by atoms with van der Waals surface area (Å²) in [5.74, 6) is 0.433. The lowest BCUT2D eigenvalue weighted by molar-refractivity contribution is -0.138. The SMILES string of the molecule is CC(C(=O)Nc1ccccc1N1CCCC1=O)N1CCC(C(=O)N2CCCCC2)CC1. The Balaban J connectivity index is 1.32. The molecule has 3 heterocycles. The molecule has 1 unspecified atom stereocenters. The van der Waals surface area contributed by atoms with Gasteiger partial charge in [-0.05, 0) is 70.7 Å². The highest BCUT2D eigenvalue weighted by molar-refractivity contribution is 6.03. The normalized spacial score (nSPS) is 21.9. The molecule has 3 aliphatic heterocycles. The van der Waals surface area contributed by atoms with Crippen molar-refractivity contribution in [1.29, 1.82) is 0 Å². The number of amides is 3. The standard InChI is InChI=1S/C24H34N4O3/c1-18(26-16-11-19(12-17-26)24(31)27-13-5-2-6-14-27)23(30)25-20-8-3-4-9-21(20)28-15-7-10-22(28)29/h3-4,8-9,18-19H,2,5-7,10-17H2,1H3,(H,25,30). The first-order valence-electron chi connectivity index (χ1n) is 11.8. The molecular weight excluding hydrogens is 392 g/mol. The van der Waals surface area contributed by atoms with E-state index in [9.17, 15) is 14.4 Å². The number of carbonyl (C=O) groups is 3. The first-order valence-corrected chi connectivity index (χ1v) is 11.8. The highest BCUT2D eigenvalue weighted by Crippen LogP contribution is 2.30. The van der Waals surface area contributed by atoms with Gasteiger partial charge in [-0.3, -0.25) is 19.3 Å². The molecule has 1 atom stereocenters. The van der Waals surface area contributed by atoms with Crippen LogP contribution in [-0.2, 0) is 14.4 Å². The lowest BCUT2D eigenvalue weighted by Gasteiger charge is -2.37. The summed E-state index contributed by atoms with van der Waals surface area (Å²) in [7, 11) is 0. The van der Waals surface area contributed by atoms with E-state index in [-0.39, 0.29) is 23.8 Å². The van der Waals surface area contributed by atoms with E-state index >= 15 is 0 Å². The van der Waals surface area contributed by atoms with Crippen molar-refractivity contribution in [2.45, 2.75) is 57.9 Å². The number of nitrogens with zero attached hydrogens (tertiary/aromatic N) is 3. The first kappa shape index (κ1) is 21.8. The number of benzene rings is 1. The second kappa shape index (κ2) is 9.81. The molecule has 3 aliphatic rings. The van der Waals surface area contributed by atoms with E-state index in [1.165, 1.54) is 6.42 Å². The number of para-hydroxylation sites is 2. The second-order valence-electron chi connectivity index (χ2n) is 9.03. The summed E-state index contributed by atoms with van der Waals surface area (Å²) >= 11 is 0. The summed E-state index contributed by atoms with van der Waals surface area (Å²) in [6.45, 7) is 5.93. The van der Waals surface area contributed by atoms with E-state index in [1.807, 2.05) is 36.1 Å². The van der Waals surface area contributed by atoms with Crippen molar-refractivity contribution in [2.24, 2.45) is 5.92 Å². The van der Waals surface area contributed by atoms with Crippen LogP contribution in [0, 0.1) is 5.92 Å². The van der Waals surface area contributed by atoms with E-state index in [0.29, 0.717) is 24.6 Å². The molecule has 3 amide bonds. The van der Waals surface area contributed by atoms with Gasteiger partial charge in [-0.25, -0.2) is 0 Å². The highest BCUT2D eigenvalue weighted by atomic mass is 16.2. The average molecular weight is 427 g/mol. The number of nitrogens with one attached hydrogen (secondary N) is 1. The molecule has 3 saturated heterocycles. The third-order valence-corrected chi connectivity index (χ3v) is 7.00. The lowest BCUT2D eigenvalue weighted by atomic mass is 9.93. The molecule has 0 aromatic heterocycles. The Morgan fingerprint density at radius 3 is 2.35 bits per heavy atom. The summed E-state index contributed by atoms with van der Waals surface area (Å²) in [4.78, 5) is 43.9. The van der Waals surface area contributed by atoms with Crippen molar-refractivity contribution in [3.8, 4) is 0 Å². The maximum atomic E-state index is 13.0. The lowest BCUT2D eigenvalue weighted by Crippen LogP contribution is -2.49. The Morgan fingerprint density at radius 1 is 0.968 bits per heavy atom. The average Bonchev–Trinajstić information content (AvgIpc) is 3.24. The summed E-state index contributed by atoms with van der Waals surface area (Å²) in [6, 6.07) is 7.23. The topological polar surface area (TPSA) is 73.0 Å². The minimum atomic E-state index is -0.284. The third kappa shape index (κ3) is 4.92. The minimum absolute atomic E-state index is 0.0695. The molecule has 7 nitrogen and oxygen atoms in total. The fourth-order valence-corrected chi connectivity index (χ4v) is 5.03. The van der Waals surface area contributed by atoms with E-state index < -0.39 is 0 Å². The van der Waals surface area contributed by atoms with Crippen molar-refractivity contribution >= 4 is 29.1 Å². The number of hydrogen-bond acceptors (Lipinski definition) is 4. The van der Waals surface area contributed by atoms with Gasteiger partial charge in [0.25, 0.3) is 0 Å². The van der Waals surface area contributed by atoms with Crippen LogP contribution >= 0.6 is 0 Å². The molecule has 3 fully saturated rings. The molecule has 0 bridgehead atoms.